The molecule has 0 aliphatic heterocycles. The highest BCUT2D eigenvalue weighted by Gasteiger charge is 2.15. The Bertz CT molecular complexity index is 440. The Balaban J connectivity index is 1.93. The van der Waals surface area contributed by atoms with Crippen LogP contribution in [-0.2, 0) is 19.5 Å². The molecule has 0 unspecified atom stereocenters. The van der Waals surface area contributed by atoms with Crippen molar-refractivity contribution in [3.63, 3.8) is 0 Å². The van der Waals surface area contributed by atoms with E-state index in [1.165, 1.54) is 135 Å². The average Bonchev–Trinajstić information content (AvgIpc) is 3.09. The van der Waals surface area contributed by atoms with Crippen LogP contribution in [0.15, 0.2) is 12.4 Å². The fraction of sp³-hybridized carbons (Fsp3) is 0.889. The number of aryl methyl sites for hydroxylation is 2. The first-order chi connectivity index (χ1) is 14.3. The number of hydrogen-bond donors (Lipinski definition) is 0. The molecule has 0 aromatic carbocycles. The molecule has 1 aromatic heterocycles. The molecule has 0 saturated carbocycles. The van der Waals surface area contributed by atoms with Crippen LogP contribution in [0.3, 0.4) is 0 Å². The number of nitrogens with zero attached hydrogens (tertiary/aromatic N) is 2. The molecule has 0 fully saturated rings. The summed E-state index contributed by atoms with van der Waals surface area (Å²) in [5.41, 5.74) is 0. The molecule has 0 amide bonds. The van der Waals surface area contributed by atoms with Crippen LogP contribution in [0.4, 0.5) is 0 Å². The van der Waals surface area contributed by atoms with Gasteiger partial charge in [-0.2, -0.15) is 0 Å². The molecule has 2 nitrogen and oxygen atoms in total. The normalized spacial score (nSPS) is 11.4. The van der Waals surface area contributed by atoms with E-state index in [-0.39, 0.29) is 0 Å². The van der Waals surface area contributed by atoms with Gasteiger partial charge in [0.1, 0.15) is 12.4 Å². The summed E-state index contributed by atoms with van der Waals surface area (Å²) in [5, 5.41) is 0. The maximum absolute atomic E-state index is 2.49. The molecule has 1 heterocycles. The van der Waals surface area contributed by atoms with Gasteiger partial charge in [-0.05, 0) is 19.3 Å². The van der Waals surface area contributed by atoms with Crippen molar-refractivity contribution in [1.29, 1.82) is 0 Å². The molecule has 0 aliphatic rings. The standard InChI is InChI=1S/C27H53N2/c1-4-7-8-9-10-11-12-13-14-15-16-17-18-19-20-21-22-27-28(23-5-2)25-26-29(27)24-6-3/h25-26H,4-24H2,1-3H3/q+1. The van der Waals surface area contributed by atoms with Crippen molar-refractivity contribution in [1.82, 2.24) is 4.57 Å². The van der Waals surface area contributed by atoms with Gasteiger partial charge in [-0.25, -0.2) is 9.13 Å². The molecule has 1 aromatic rings. The smallest absolute Gasteiger partial charge is 0.234 e. The van der Waals surface area contributed by atoms with Crippen molar-refractivity contribution >= 4 is 0 Å². The van der Waals surface area contributed by atoms with Crippen LogP contribution >= 0.6 is 0 Å². The van der Waals surface area contributed by atoms with Crippen LogP contribution in [0.25, 0.3) is 0 Å². The molecule has 0 radical (unpaired) electrons. The van der Waals surface area contributed by atoms with Crippen molar-refractivity contribution in [2.24, 2.45) is 0 Å². The van der Waals surface area contributed by atoms with Crippen molar-refractivity contribution in [3.05, 3.63) is 18.2 Å². The highest BCUT2D eigenvalue weighted by Crippen LogP contribution is 2.14. The van der Waals surface area contributed by atoms with Gasteiger partial charge in [0.05, 0.1) is 13.1 Å². The average molecular weight is 406 g/mol. The van der Waals surface area contributed by atoms with E-state index in [1.807, 2.05) is 0 Å². The first-order valence-electron chi connectivity index (χ1n) is 13.4. The molecular formula is C27H53N2+. The SMILES string of the molecule is CCCCCCCCCCCCCCCCCCc1n(CCC)cc[n+]1CCC. The maximum atomic E-state index is 2.49. The predicted octanol–water partition coefficient (Wildman–Crippen LogP) is 8.40. The van der Waals surface area contributed by atoms with Crippen LogP contribution in [0.2, 0.25) is 0 Å². The number of aromatic nitrogens is 2. The number of rotatable bonds is 21. The van der Waals surface area contributed by atoms with Gasteiger partial charge in [-0.3, -0.25) is 0 Å². The second-order valence-corrected chi connectivity index (χ2v) is 9.15. The lowest BCUT2D eigenvalue weighted by atomic mass is 10.0. The van der Waals surface area contributed by atoms with Gasteiger partial charge < -0.3 is 0 Å². The molecule has 0 N–H and O–H groups in total. The van der Waals surface area contributed by atoms with E-state index < -0.39 is 0 Å². The molecule has 29 heavy (non-hydrogen) atoms. The van der Waals surface area contributed by atoms with Crippen molar-refractivity contribution in [2.75, 3.05) is 0 Å². The summed E-state index contributed by atoms with van der Waals surface area (Å²) in [6, 6.07) is 0. The molecule has 2 heteroatoms. The minimum absolute atomic E-state index is 1.17. The fourth-order valence-electron chi connectivity index (χ4n) is 4.51. The quantitative estimate of drug-likeness (QED) is 0.143. The third-order valence-corrected chi connectivity index (χ3v) is 6.27. The van der Waals surface area contributed by atoms with Crippen molar-refractivity contribution < 1.29 is 4.57 Å². The van der Waals surface area contributed by atoms with Crippen LogP contribution in [0.5, 0.6) is 0 Å². The molecule has 170 valence electrons. The lowest BCUT2D eigenvalue weighted by molar-refractivity contribution is -0.703. The van der Waals surface area contributed by atoms with Gasteiger partial charge >= 0.3 is 0 Å². The van der Waals surface area contributed by atoms with Gasteiger partial charge in [0, 0.05) is 6.42 Å². The number of imidazole rings is 1. The molecule has 0 atom stereocenters. The van der Waals surface area contributed by atoms with Gasteiger partial charge in [0.2, 0.25) is 0 Å². The Kier molecular flexibility index (Phi) is 17.4. The third-order valence-electron chi connectivity index (χ3n) is 6.27. The maximum Gasteiger partial charge on any atom is 0.256 e. The topological polar surface area (TPSA) is 8.81 Å². The summed E-state index contributed by atoms with van der Waals surface area (Å²) in [4.78, 5) is 0. The summed E-state index contributed by atoms with van der Waals surface area (Å²) in [6.07, 6.45) is 31.4. The van der Waals surface area contributed by atoms with Gasteiger partial charge in [-0.1, -0.05) is 117 Å². The molecule has 0 saturated heterocycles. The first-order valence-corrected chi connectivity index (χ1v) is 13.4. The third kappa shape index (κ3) is 13.2. The lowest BCUT2D eigenvalue weighted by Gasteiger charge is -2.05. The number of unbranched alkanes of at least 4 members (excludes halogenated alkanes) is 15. The zero-order valence-corrected chi connectivity index (χ0v) is 20.4. The Labute approximate surface area is 183 Å². The Morgan fingerprint density at radius 3 is 1.52 bits per heavy atom. The minimum atomic E-state index is 1.17. The predicted molar refractivity (Wildman–Crippen MR) is 128 cm³/mol. The molecule has 0 spiro atoms. The molecule has 1 rings (SSSR count). The monoisotopic (exact) mass is 405 g/mol. The fourth-order valence-corrected chi connectivity index (χ4v) is 4.51. The Morgan fingerprint density at radius 1 is 0.586 bits per heavy atom. The summed E-state index contributed by atoms with van der Waals surface area (Å²) in [6.45, 7) is 9.20. The lowest BCUT2D eigenvalue weighted by Crippen LogP contribution is -2.37. The summed E-state index contributed by atoms with van der Waals surface area (Å²) < 4.78 is 4.97. The number of hydrogen-bond acceptors (Lipinski definition) is 0. The van der Waals surface area contributed by atoms with Crippen molar-refractivity contribution in [2.45, 2.75) is 156 Å². The van der Waals surface area contributed by atoms with Crippen LogP contribution in [-0.4, -0.2) is 4.57 Å². The second-order valence-electron chi connectivity index (χ2n) is 9.15. The molecule has 0 aliphatic carbocycles. The summed E-state index contributed by atoms with van der Waals surface area (Å²) in [5.74, 6) is 1.55. The Morgan fingerprint density at radius 2 is 1.07 bits per heavy atom. The van der Waals surface area contributed by atoms with Gasteiger partial charge in [-0.15, -0.1) is 0 Å². The van der Waals surface area contributed by atoms with E-state index in [1.54, 1.807) is 5.82 Å². The second kappa shape index (κ2) is 19.2. The minimum Gasteiger partial charge on any atom is -0.234 e. The zero-order valence-electron chi connectivity index (χ0n) is 20.4. The van der Waals surface area contributed by atoms with E-state index in [0.29, 0.717) is 0 Å². The summed E-state index contributed by atoms with van der Waals surface area (Å²) >= 11 is 0. The van der Waals surface area contributed by atoms with Gasteiger partial charge in [0.15, 0.2) is 0 Å². The van der Waals surface area contributed by atoms with Gasteiger partial charge in [0.25, 0.3) is 5.82 Å². The van der Waals surface area contributed by atoms with Crippen LogP contribution < -0.4 is 4.57 Å². The summed E-state index contributed by atoms with van der Waals surface area (Å²) in [7, 11) is 0. The van der Waals surface area contributed by atoms with Crippen LogP contribution in [0.1, 0.15) is 142 Å². The van der Waals surface area contributed by atoms with E-state index in [2.05, 4.69) is 42.3 Å². The van der Waals surface area contributed by atoms with Crippen LogP contribution in [0, 0.1) is 0 Å². The Hall–Kier alpha value is -0.790. The highest BCUT2D eigenvalue weighted by molar-refractivity contribution is 4.84. The highest BCUT2D eigenvalue weighted by atomic mass is 15.1. The van der Waals surface area contributed by atoms with E-state index in [9.17, 15) is 0 Å². The molecule has 0 bridgehead atoms. The van der Waals surface area contributed by atoms with Crippen molar-refractivity contribution in [3.8, 4) is 0 Å². The van der Waals surface area contributed by atoms with E-state index >= 15 is 0 Å². The first kappa shape index (κ1) is 26.2. The molecular weight excluding hydrogens is 352 g/mol. The van der Waals surface area contributed by atoms with E-state index in [0.717, 1.165) is 0 Å². The zero-order chi connectivity index (χ0) is 21.0. The largest absolute Gasteiger partial charge is 0.256 e. The van der Waals surface area contributed by atoms with E-state index in [4.69, 9.17) is 0 Å².